The van der Waals surface area contributed by atoms with Gasteiger partial charge in [0, 0.05) is 59.9 Å². The first-order valence-corrected chi connectivity index (χ1v) is 25.1. The van der Waals surface area contributed by atoms with Crippen LogP contribution in [0.25, 0.3) is 0 Å². The number of aliphatic hydroxyl groups excluding tert-OH is 3. The van der Waals surface area contributed by atoms with Gasteiger partial charge in [-0.25, -0.2) is 0 Å². The molecule has 2 aromatic rings. The Kier molecular flexibility index (Phi) is 10.6. The molecule has 2 aromatic carbocycles. The Morgan fingerprint density at radius 3 is 2.82 bits per heavy atom. The number of aryl methyl sites for hydroxylation is 1. The van der Waals surface area contributed by atoms with E-state index in [0.29, 0.717) is 36.6 Å². The van der Waals surface area contributed by atoms with Crippen molar-refractivity contribution in [1.29, 1.82) is 0 Å². The molecular formula is C50H55N4O6S2+. The topological polar surface area (TPSA) is 151 Å². The molecule has 11 atom stereocenters. The van der Waals surface area contributed by atoms with Crippen molar-refractivity contribution in [3.8, 4) is 35.4 Å². The molecule has 2 spiro atoms. The van der Waals surface area contributed by atoms with E-state index >= 15 is 0 Å². The number of hydrogen-bond acceptors (Lipinski definition) is 11. The number of aliphatic imine (C=N–C) groups is 1. The van der Waals surface area contributed by atoms with Gasteiger partial charge in [-0.3, -0.25) is 20.0 Å². The second kappa shape index (κ2) is 16.0. The standard InChI is InChI=1S/C50H54N4O6S2/c1-28-4-8-32(41(57)20-28)42(58)21-30(55)7-5-29-6-13-43-46-37(29)25-61-62-27-50-17-14-31-35-22-52-39-24-54(23-36(35)39)48(60-46)38(49(18-19-59-43)15-2-3-16-49)11-12-40(56)33-9-10-34(45(50)44(31)33)47(51)53-26-50/h4,6,8-10,13,22-23,28,31-32,38,40-42,47-48,53,56-58H,2-3,5,7,14-17,20-21,24-27,51H2,1H3/p+1/t28-,31+,32+,38+,40+,41-,42+,47+,48+,50+/m1/s1. The van der Waals surface area contributed by atoms with Crippen molar-refractivity contribution >= 4 is 33.1 Å². The van der Waals surface area contributed by atoms with E-state index in [0.717, 1.165) is 89.3 Å². The lowest BCUT2D eigenvalue weighted by Gasteiger charge is -2.49. The molecule has 3 aliphatic carbocycles. The first-order valence-electron chi connectivity index (χ1n) is 22.6. The summed E-state index contributed by atoms with van der Waals surface area (Å²) in [6, 6.07) is 8.16. The molecule has 322 valence electrons. The Bertz CT molecular complexity index is 2470. The number of aliphatic hydroxyl groups is 3. The Balaban J connectivity index is 1.05. The largest absolute Gasteiger partial charge is 0.437 e. The highest BCUT2D eigenvalue weighted by Crippen LogP contribution is 2.56. The van der Waals surface area contributed by atoms with E-state index in [1.807, 2.05) is 42.0 Å². The van der Waals surface area contributed by atoms with Gasteiger partial charge in [-0.15, -0.1) is 0 Å². The van der Waals surface area contributed by atoms with Gasteiger partial charge in [0.2, 0.25) is 0 Å². The number of ether oxygens (including phenoxy) is 2. The quantitative estimate of drug-likeness (QED) is 0.130. The molecule has 0 amide bonds. The lowest BCUT2D eigenvalue weighted by molar-refractivity contribution is -0.888. The zero-order valence-electron chi connectivity index (χ0n) is 35.1. The number of nitrogens with zero attached hydrogens (tertiary/aromatic N) is 1. The third-order valence-corrected chi connectivity index (χ3v) is 18.0. The summed E-state index contributed by atoms with van der Waals surface area (Å²) in [5.41, 5.74) is 15.9. The molecule has 7 N–H and O–H groups in total. The fourth-order valence-electron chi connectivity index (χ4n) is 12.2. The normalized spacial score (nSPS) is 34.7. The average Bonchev–Trinajstić information content (AvgIpc) is 4.01. The van der Waals surface area contributed by atoms with E-state index in [9.17, 15) is 20.1 Å². The van der Waals surface area contributed by atoms with Crippen LogP contribution in [0.3, 0.4) is 0 Å². The number of nitrogens with two attached hydrogens (primary N) is 1. The number of carbonyl (C=O) groups is 1. The molecule has 0 radical (unpaired) electrons. The molecule has 8 heterocycles. The van der Waals surface area contributed by atoms with Crippen molar-refractivity contribution in [3.63, 3.8) is 0 Å². The molecule has 10 nitrogen and oxygen atoms in total. The third-order valence-electron chi connectivity index (χ3n) is 15.5. The number of Topliss-reactive ketones (excluding diaryl/α,β-unsaturated/α-hetero) is 1. The number of nitrogens with one attached hydrogen (secondary N) is 2. The fraction of sp³-hybridized carbons (Fsp3) is 0.520. The second-order valence-electron chi connectivity index (χ2n) is 19.2. The maximum atomic E-state index is 13.6. The van der Waals surface area contributed by atoms with Gasteiger partial charge in [0.15, 0.2) is 11.5 Å². The SMILES string of the molecule is C[C@@H]1C=C[C@H]([C@@H](O)CC(=O)CCc2ccc3c4c2CSSC[C@@]25CC[C@H]6C7=CN=C8C[NH+](C=C78)[C@@H](O4)[C@H](C#C[C@H](O)c4ccc(c2c46)[C@@H](N)NC5)C2(C#CO3)CCCC2)[C@H](O)C1. The van der Waals surface area contributed by atoms with Crippen molar-refractivity contribution in [3.05, 3.63) is 93.3 Å². The number of quaternary nitrogens is 1. The average molecular weight is 872 g/mol. The van der Waals surface area contributed by atoms with Gasteiger partial charge in [-0.2, -0.15) is 0 Å². The first kappa shape index (κ1) is 40.9. The number of carbonyl (C=O) groups excluding carboxylic acids is 1. The molecule has 1 saturated carbocycles. The summed E-state index contributed by atoms with van der Waals surface area (Å²) in [6.07, 6.45) is 14.8. The van der Waals surface area contributed by atoms with Crippen LogP contribution in [0.2, 0.25) is 0 Å². The fourth-order valence-corrected chi connectivity index (χ4v) is 14.9. The minimum absolute atomic E-state index is 0.0179. The molecule has 1 unspecified atom stereocenters. The van der Waals surface area contributed by atoms with Crippen LogP contribution in [-0.4, -0.2) is 64.1 Å². The van der Waals surface area contributed by atoms with E-state index in [4.69, 9.17) is 20.2 Å². The number of ketones is 1. The smallest absolute Gasteiger partial charge is 0.252 e. The molecule has 1 fully saturated rings. The summed E-state index contributed by atoms with van der Waals surface area (Å²) in [6.45, 7) is 3.40. The molecule has 10 bridgehead atoms. The zero-order valence-corrected chi connectivity index (χ0v) is 36.8. The van der Waals surface area contributed by atoms with Gasteiger partial charge >= 0.3 is 0 Å². The Hall–Kier alpha value is -3.82. The molecule has 62 heavy (non-hydrogen) atoms. The Morgan fingerprint density at radius 1 is 1.11 bits per heavy atom. The van der Waals surface area contributed by atoms with E-state index in [-0.39, 0.29) is 48.0 Å². The lowest BCUT2D eigenvalue weighted by Crippen LogP contribution is -3.13. The van der Waals surface area contributed by atoms with Crippen LogP contribution in [-0.2, 0) is 22.4 Å². The Labute approximate surface area is 371 Å². The number of rotatable bonds is 6. The predicted molar refractivity (Wildman–Crippen MR) is 241 cm³/mol. The predicted octanol–water partition coefficient (Wildman–Crippen LogP) is 5.19. The van der Waals surface area contributed by atoms with Crippen molar-refractivity contribution in [2.45, 2.75) is 119 Å². The number of allylic oxidation sites excluding steroid dienone is 2. The van der Waals surface area contributed by atoms with E-state index < -0.39 is 35.9 Å². The molecule has 8 aliphatic heterocycles. The summed E-state index contributed by atoms with van der Waals surface area (Å²) in [4.78, 5) is 19.9. The van der Waals surface area contributed by atoms with Crippen molar-refractivity contribution in [1.82, 2.24) is 5.32 Å². The van der Waals surface area contributed by atoms with Crippen molar-refractivity contribution < 1.29 is 34.5 Å². The van der Waals surface area contributed by atoms with Crippen LogP contribution >= 0.6 is 21.6 Å². The maximum Gasteiger partial charge on any atom is 0.252 e. The Morgan fingerprint density at radius 2 is 1.97 bits per heavy atom. The molecule has 0 saturated heterocycles. The van der Waals surface area contributed by atoms with Gasteiger partial charge in [0.1, 0.15) is 42.4 Å². The molecule has 12 heteroatoms. The first-order chi connectivity index (χ1) is 30.1. The van der Waals surface area contributed by atoms with E-state index in [1.54, 1.807) is 10.8 Å². The van der Waals surface area contributed by atoms with Crippen molar-refractivity contribution in [2.24, 2.45) is 33.9 Å². The summed E-state index contributed by atoms with van der Waals surface area (Å²) < 4.78 is 14.0. The molecule has 0 aromatic heterocycles. The van der Waals surface area contributed by atoms with Crippen LogP contribution in [0.4, 0.5) is 0 Å². The van der Waals surface area contributed by atoms with Gasteiger partial charge in [0.05, 0.1) is 29.4 Å². The number of benzene rings is 2. The van der Waals surface area contributed by atoms with Crippen LogP contribution in [0.15, 0.2) is 65.0 Å². The van der Waals surface area contributed by atoms with Crippen LogP contribution in [0.5, 0.6) is 11.5 Å². The summed E-state index contributed by atoms with van der Waals surface area (Å²) in [5, 5.41) is 37.9. The van der Waals surface area contributed by atoms with Gasteiger partial charge in [0.25, 0.3) is 6.23 Å². The second-order valence-corrected chi connectivity index (χ2v) is 21.7. The summed E-state index contributed by atoms with van der Waals surface area (Å²) >= 11 is 0. The summed E-state index contributed by atoms with van der Waals surface area (Å²) in [5.74, 6) is 12.7. The summed E-state index contributed by atoms with van der Waals surface area (Å²) in [7, 11) is 3.63. The van der Waals surface area contributed by atoms with Crippen LogP contribution in [0.1, 0.15) is 116 Å². The highest BCUT2D eigenvalue weighted by Gasteiger charge is 2.53. The lowest BCUT2D eigenvalue weighted by atomic mass is 9.61. The van der Waals surface area contributed by atoms with Crippen molar-refractivity contribution in [2.75, 3.05) is 18.8 Å². The van der Waals surface area contributed by atoms with Gasteiger partial charge in [-0.05, 0) is 83.9 Å². The zero-order chi connectivity index (χ0) is 42.3. The minimum atomic E-state index is -1.03. The molecule has 11 aliphatic rings. The minimum Gasteiger partial charge on any atom is -0.437 e. The van der Waals surface area contributed by atoms with Gasteiger partial charge in [-0.1, -0.05) is 89.5 Å². The van der Waals surface area contributed by atoms with Gasteiger partial charge < -0.3 is 30.5 Å². The third kappa shape index (κ3) is 6.84. The maximum absolute atomic E-state index is 13.6. The number of hydrogen-bond donors (Lipinski definition) is 6. The van der Waals surface area contributed by atoms with Crippen LogP contribution in [0, 0.1) is 47.0 Å². The van der Waals surface area contributed by atoms with E-state index in [2.05, 4.69) is 53.7 Å². The molecule has 13 rings (SSSR count). The number of fused-ring (bicyclic) bond motifs is 2. The highest BCUT2D eigenvalue weighted by atomic mass is 33.1. The highest BCUT2D eigenvalue weighted by molar-refractivity contribution is 8.76. The molecular weight excluding hydrogens is 817 g/mol. The van der Waals surface area contributed by atoms with E-state index in [1.165, 1.54) is 16.7 Å². The van der Waals surface area contributed by atoms with Crippen LogP contribution < -0.4 is 25.4 Å². The monoisotopic (exact) mass is 871 g/mol.